The Labute approximate surface area is 312 Å². The van der Waals surface area contributed by atoms with Gasteiger partial charge in [-0.15, -0.1) is 0 Å². The molecule has 0 radical (unpaired) electrons. The number of esters is 6. The molecule has 1 aromatic rings. The molecule has 11 atom stereocenters. The number of aliphatic hydroxyl groups is 1. The Balaban J connectivity index is 1.84. The minimum absolute atomic E-state index is 0.0470. The van der Waals surface area contributed by atoms with Gasteiger partial charge in [0.1, 0.15) is 30.5 Å². The van der Waals surface area contributed by atoms with Gasteiger partial charge >= 0.3 is 35.8 Å². The number of Topliss-reactive ketones (excluding diaryl/α,β-unsaturated/α-hetero) is 1. The molecule has 3 saturated carbocycles. The molecular weight excluding hydrogens is 708 g/mol. The maximum Gasteiger partial charge on any atom is 0.331 e. The molecule has 15 nitrogen and oxygen atoms in total. The fourth-order valence-corrected chi connectivity index (χ4v) is 9.26. The monoisotopic (exact) mass is 754 g/mol. The van der Waals surface area contributed by atoms with Crippen molar-refractivity contribution in [3.63, 3.8) is 0 Å². The highest BCUT2D eigenvalue weighted by Gasteiger charge is 2.83. The van der Waals surface area contributed by atoms with Gasteiger partial charge in [-0.2, -0.15) is 0 Å². The van der Waals surface area contributed by atoms with Crippen LogP contribution < -0.4 is 0 Å². The lowest BCUT2D eigenvalue weighted by Gasteiger charge is -2.65. The summed E-state index contributed by atoms with van der Waals surface area (Å²) in [5, 5.41) is 13.2. The Kier molecular flexibility index (Phi) is 11.0. The number of hydrogen-bond acceptors (Lipinski definition) is 15. The lowest BCUT2D eigenvalue weighted by Crippen LogP contribution is -2.81. The average molecular weight is 755 g/mol. The van der Waals surface area contributed by atoms with Crippen LogP contribution in [0.5, 0.6) is 0 Å². The van der Waals surface area contributed by atoms with Gasteiger partial charge in [-0.1, -0.05) is 43.8 Å². The molecule has 292 valence electrons. The second-order valence-corrected chi connectivity index (χ2v) is 14.8. The second-order valence-electron chi connectivity index (χ2n) is 14.8. The van der Waals surface area contributed by atoms with Crippen LogP contribution in [0.25, 0.3) is 6.08 Å². The topological polar surface area (TPSA) is 204 Å². The largest absolute Gasteiger partial charge is 0.465 e. The molecule has 4 bridgehead atoms. The van der Waals surface area contributed by atoms with Crippen LogP contribution in [-0.2, 0) is 66.7 Å². The lowest BCUT2D eigenvalue weighted by atomic mass is 9.43. The van der Waals surface area contributed by atoms with Gasteiger partial charge in [0.05, 0.1) is 12.0 Å². The zero-order chi connectivity index (χ0) is 40.0. The SMILES string of the molecule is C=C1C(OC(=O)/C=C/c2ccccc2)CC(OC(C)=O)C2(COC(C)=O)C(OC(C)=O)C(OC(C)=O)C3(O)C4(C)OCC3(C)C(CC4=O)C(OC(C)=O)C12. The highest BCUT2D eigenvalue weighted by molar-refractivity contribution is 5.91. The van der Waals surface area contributed by atoms with E-state index in [-0.39, 0.29) is 25.0 Å². The van der Waals surface area contributed by atoms with E-state index in [1.54, 1.807) is 31.2 Å². The molecule has 1 heterocycles. The van der Waals surface area contributed by atoms with Crippen molar-refractivity contribution in [2.45, 2.75) is 103 Å². The molecular formula is C39H46O15. The number of fused-ring (bicyclic) bond motifs is 1. The smallest absolute Gasteiger partial charge is 0.331 e. The number of carbonyl (C=O) groups is 7. The van der Waals surface area contributed by atoms with Crippen LogP contribution in [0.2, 0.25) is 0 Å². The Bertz CT molecular complexity index is 1770. The molecule has 15 heteroatoms. The third-order valence-corrected chi connectivity index (χ3v) is 11.6. The molecule has 3 aliphatic carbocycles. The van der Waals surface area contributed by atoms with Crippen molar-refractivity contribution in [3.05, 3.63) is 54.1 Å². The zero-order valence-corrected chi connectivity index (χ0v) is 31.3. The molecule has 1 aliphatic heterocycles. The summed E-state index contributed by atoms with van der Waals surface area (Å²) in [7, 11) is 0. The van der Waals surface area contributed by atoms with Crippen LogP contribution in [0, 0.1) is 22.7 Å². The van der Waals surface area contributed by atoms with Crippen LogP contribution in [0.15, 0.2) is 48.6 Å². The quantitative estimate of drug-likeness (QED) is 0.167. The van der Waals surface area contributed by atoms with E-state index < -0.39 is 113 Å². The number of rotatable bonds is 9. The molecule has 0 amide bonds. The summed E-state index contributed by atoms with van der Waals surface area (Å²) in [4.78, 5) is 92.6. The highest BCUT2D eigenvalue weighted by atomic mass is 16.6. The minimum Gasteiger partial charge on any atom is -0.465 e. The first kappa shape index (κ1) is 40.3. The molecule has 0 spiro atoms. The van der Waals surface area contributed by atoms with Crippen molar-refractivity contribution < 1.29 is 71.8 Å². The van der Waals surface area contributed by atoms with E-state index in [9.17, 15) is 38.7 Å². The first-order chi connectivity index (χ1) is 25.2. The van der Waals surface area contributed by atoms with Gasteiger partial charge in [-0.05, 0) is 24.1 Å². The number of ketones is 1. The van der Waals surface area contributed by atoms with Crippen LogP contribution >= 0.6 is 0 Å². The van der Waals surface area contributed by atoms with Gasteiger partial charge in [0.15, 0.2) is 23.6 Å². The number of benzene rings is 1. The fourth-order valence-electron chi connectivity index (χ4n) is 9.26. The van der Waals surface area contributed by atoms with E-state index in [1.807, 2.05) is 6.07 Å². The van der Waals surface area contributed by atoms with E-state index in [4.69, 9.17) is 33.2 Å². The molecule has 4 aliphatic rings. The zero-order valence-electron chi connectivity index (χ0n) is 31.3. The lowest BCUT2D eigenvalue weighted by molar-refractivity contribution is -0.303. The summed E-state index contributed by atoms with van der Waals surface area (Å²) in [5.41, 5.74) is -7.51. The minimum atomic E-state index is -2.51. The van der Waals surface area contributed by atoms with E-state index in [2.05, 4.69) is 6.58 Å². The maximum absolute atomic E-state index is 14.2. The van der Waals surface area contributed by atoms with Crippen molar-refractivity contribution in [2.75, 3.05) is 13.2 Å². The number of carbonyl (C=O) groups excluding carboxylic acids is 7. The number of ether oxygens (including phenoxy) is 7. The summed E-state index contributed by atoms with van der Waals surface area (Å²) in [6, 6.07) is 8.90. The van der Waals surface area contributed by atoms with E-state index in [1.165, 1.54) is 19.1 Å². The molecule has 54 heavy (non-hydrogen) atoms. The Morgan fingerprint density at radius 1 is 0.852 bits per heavy atom. The van der Waals surface area contributed by atoms with Crippen molar-refractivity contribution in [3.8, 4) is 0 Å². The summed E-state index contributed by atoms with van der Waals surface area (Å²) in [6.07, 6.45) is -6.20. The predicted molar refractivity (Wildman–Crippen MR) is 184 cm³/mol. The maximum atomic E-state index is 14.2. The van der Waals surface area contributed by atoms with Crippen LogP contribution in [0.4, 0.5) is 0 Å². The first-order valence-electron chi connectivity index (χ1n) is 17.6. The second kappa shape index (κ2) is 14.7. The number of hydrogen-bond donors (Lipinski definition) is 1. The molecule has 1 aromatic carbocycles. The average Bonchev–Trinajstić information content (AvgIpc) is 3.22. The predicted octanol–water partition coefficient (Wildman–Crippen LogP) is 2.59. The van der Waals surface area contributed by atoms with Gasteiger partial charge in [0.25, 0.3) is 0 Å². The summed E-state index contributed by atoms with van der Waals surface area (Å²) < 4.78 is 41.8. The highest BCUT2D eigenvalue weighted by Crippen LogP contribution is 2.67. The summed E-state index contributed by atoms with van der Waals surface area (Å²) in [5.74, 6) is -8.51. The molecule has 1 N–H and O–H groups in total. The first-order valence-corrected chi connectivity index (χ1v) is 17.6. The van der Waals surface area contributed by atoms with Gasteiger partial charge in [-0.3, -0.25) is 28.8 Å². The summed E-state index contributed by atoms with van der Waals surface area (Å²) >= 11 is 0. The van der Waals surface area contributed by atoms with Crippen LogP contribution in [-0.4, -0.2) is 102 Å². The van der Waals surface area contributed by atoms with E-state index in [0.717, 1.165) is 34.6 Å². The van der Waals surface area contributed by atoms with Crippen LogP contribution in [0.1, 0.15) is 66.9 Å². The van der Waals surface area contributed by atoms with Crippen LogP contribution in [0.3, 0.4) is 0 Å². The molecule has 5 rings (SSSR count). The van der Waals surface area contributed by atoms with Crippen molar-refractivity contribution in [1.82, 2.24) is 0 Å². The Hall–Kier alpha value is -4.89. The van der Waals surface area contributed by atoms with Gasteiger partial charge in [-0.25, -0.2) is 4.79 Å². The van der Waals surface area contributed by atoms with Gasteiger partial charge < -0.3 is 38.3 Å². The third-order valence-electron chi connectivity index (χ3n) is 11.6. The van der Waals surface area contributed by atoms with Crippen molar-refractivity contribution >= 4 is 47.7 Å². The molecule has 0 aromatic heterocycles. The summed E-state index contributed by atoms with van der Waals surface area (Å²) in [6.45, 7) is 11.5. The standard InChI is InChI=1S/C39H46O15/c1-20-28(54-31(46)15-14-26-12-10-9-11-13-26)17-30(50-22(3)41)38(19-48-21(2)40)32(20)33(51-23(4)42)27-16-29(45)37(8)39(47,36(27,7)18-49-37)35(53-25(6)44)34(38)52-24(5)43/h9-15,27-28,30,32-35,47H,1,16-19H2,2-8H3/b15-14+. The molecule has 1 saturated heterocycles. The van der Waals surface area contributed by atoms with Crippen molar-refractivity contribution in [2.24, 2.45) is 22.7 Å². The fraction of sp³-hybridized carbons (Fsp3) is 0.564. The van der Waals surface area contributed by atoms with Gasteiger partial charge in [0, 0.05) is 70.8 Å². The Morgan fingerprint density at radius 3 is 2.02 bits per heavy atom. The molecule has 11 unspecified atom stereocenters. The van der Waals surface area contributed by atoms with Gasteiger partial charge in [0.2, 0.25) is 0 Å². The van der Waals surface area contributed by atoms with E-state index in [0.29, 0.717) is 5.56 Å². The Morgan fingerprint density at radius 2 is 1.44 bits per heavy atom. The molecule has 4 fully saturated rings. The van der Waals surface area contributed by atoms with E-state index >= 15 is 0 Å². The van der Waals surface area contributed by atoms with Crippen molar-refractivity contribution in [1.29, 1.82) is 0 Å². The third kappa shape index (κ3) is 6.61. The normalized spacial score (nSPS) is 36.9.